The largest absolute Gasteiger partial charge is 0.445 e. The van der Waals surface area contributed by atoms with E-state index >= 15 is 0 Å². The van der Waals surface area contributed by atoms with Crippen LogP contribution in [0.4, 0.5) is 4.79 Å². The van der Waals surface area contributed by atoms with Gasteiger partial charge in [0.1, 0.15) is 6.61 Å². The number of nitrogens with zero attached hydrogens (tertiary/aromatic N) is 1. The Morgan fingerprint density at radius 1 is 0.933 bits per heavy atom. The second-order valence-corrected chi connectivity index (χ2v) is 9.21. The van der Waals surface area contributed by atoms with Gasteiger partial charge >= 0.3 is 6.09 Å². The van der Waals surface area contributed by atoms with Crippen LogP contribution in [0.2, 0.25) is 0 Å². The van der Waals surface area contributed by atoms with E-state index in [-0.39, 0.29) is 12.1 Å². The molecule has 1 fully saturated rings. The first-order valence-corrected chi connectivity index (χ1v) is 12.5. The Kier molecular flexibility index (Phi) is 9.79. The van der Waals surface area contributed by atoms with Crippen LogP contribution < -0.4 is 0 Å². The number of rotatable bonds is 13. The van der Waals surface area contributed by atoms with Crippen molar-refractivity contribution in [3.8, 4) is 0 Å². The lowest BCUT2D eigenvalue weighted by Crippen LogP contribution is -2.43. The smallest absolute Gasteiger partial charge is 0.410 e. The molecular formula is C27H41NO2. The van der Waals surface area contributed by atoms with E-state index in [9.17, 15) is 4.79 Å². The monoisotopic (exact) mass is 411 g/mol. The molecule has 0 radical (unpaired) electrons. The first-order valence-electron chi connectivity index (χ1n) is 12.5. The fraction of sp³-hybridized carbons (Fsp3) is 0.667. The predicted molar refractivity (Wildman–Crippen MR) is 124 cm³/mol. The summed E-state index contributed by atoms with van der Waals surface area (Å²) in [7, 11) is 0. The van der Waals surface area contributed by atoms with Crippen molar-refractivity contribution in [1.29, 1.82) is 0 Å². The average Bonchev–Trinajstić information content (AvgIpc) is 3.04. The number of unbranched alkanes of at least 4 members (excludes halogenated alkanes) is 9. The Morgan fingerprint density at radius 3 is 2.27 bits per heavy atom. The summed E-state index contributed by atoms with van der Waals surface area (Å²) in [6.07, 6.45) is 20.6. The number of carbonyl (C=O) groups excluding carboxylic acids is 1. The molecule has 0 N–H and O–H groups in total. The summed E-state index contributed by atoms with van der Waals surface area (Å²) in [4.78, 5) is 14.7. The van der Waals surface area contributed by atoms with Crippen molar-refractivity contribution in [2.24, 2.45) is 0 Å². The molecule has 0 aliphatic carbocycles. The van der Waals surface area contributed by atoms with Crippen LogP contribution in [0.3, 0.4) is 0 Å². The summed E-state index contributed by atoms with van der Waals surface area (Å²) in [6, 6.07) is 10.6. The van der Waals surface area contributed by atoms with Gasteiger partial charge in [-0.25, -0.2) is 4.79 Å². The van der Waals surface area contributed by atoms with E-state index in [1.165, 1.54) is 70.6 Å². The third kappa shape index (κ3) is 7.18. The quantitative estimate of drug-likeness (QED) is 0.245. The first kappa shape index (κ1) is 22.9. The minimum atomic E-state index is -0.138. The number of carbonyl (C=O) groups is 1. The molecule has 0 saturated carbocycles. The van der Waals surface area contributed by atoms with Crippen LogP contribution in [0.15, 0.2) is 42.0 Å². The molecule has 0 aromatic heterocycles. The second-order valence-electron chi connectivity index (χ2n) is 9.21. The van der Waals surface area contributed by atoms with Crippen molar-refractivity contribution in [3.63, 3.8) is 0 Å². The Balaban J connectivity index is 1.31. The fourth-order valence-electron chi connectivity index (χ4n) is 5.02. The van der Waals surface area contributed by atoms with Crippen molar-refractivity contribution in [1.82, 2.24) is 4.90 Å². The summed E-state index contributed by atoms with van der Waals surface area (Å²) in [5, 5.41) is 0. The van der Waals surface area contributed by atoms with E-state index in [1.54, 1.807) is 5.57 Å². The van der Waals surface area contributed by atoms with Crippen LogP contribution in [0, 0.1) is 0 Å². The van der Waals surface area contributed by atoms with Crippen LogP contribution >= 0.6 is 0 Å². The summed E-state index contributed by atoms with van der Waals surface area (Å²) in [5.74, 6) is 0. The van der Waals surface area contributed by atoms with Crippen molar-refractivity contribution in [2.45, 2.75) is 116 Å². The van der Waals surface area contributed by atoms with Gasteiger partial charge in [-0.3, -0.25) is 4.90 Å². The van der Waals surface area contributed by atoms with Gasteiger partial charge in [0, 0.05) is 6.04 Å². The molecule has 3 rings (SSSR count). The normalized spacial score (nSPS) is 20.3. The van der Waals surface area contributed by atoms with E-state index in [0.29, 0.717) is 12.6 Å². The van der Waals surface area contributed by atoms with Gasteiger partial charge in [-0.15, -0.1) is 0 Å². The summed E-state index contributed by atoms with van der Waals surface area (Å²) in [6.45, 7) is 2.65. The molecular weight excluding hydrogens is 370 g/mol. The summed E-state index contributed by atoms with van der Waals surface area (Å²) >= 11 is 0. The molecule has 3 nitrogen and oxygen atoms in total. The van der Waals surface area contributed by atoms with Gasteiger partial charge in [0.2, 0.25) is 0 Å². The van der Waals surface area contributed by atoms with Crippen LogP contribution in [0.5, 0.6) is 0 Å². The highest BCUT2D eigenvalue weighted by Gasteiger charge is 2.40. The van der Waals surface area contributed by atoms with Crippen molar-refractivity contribution in [2.75, 3.05) is 0 Å². The van der Waals surface area contributed by atoms with E-state index < -0.39 is 0 Å². The number of amides is 1. The Hall–Kier alpha value is -1.77. The molecule has 2 bridgehead atoms. The standard InChI is InChI=1S/C27H41NO2/c1-2-3-4-5-6-7-8-9-10-12-17-24-20-25-18-19-26(21-24)28(25)27(29)30-22-23-15-13-11-14-16-23/h11,13-16,20,25-26H,2-10,12,17-19,21-22H2,1H3. The zero-order chi connectivity index (χ0) is 21.0. The third-order valence-corrected chi connectivity index (χ3v) is 6.74. The maximum absolute atomic E-state index is 12.7. The summed E-state index contributed by atoms with van der Waals surface area (Å²) in [5.41, 5.74) is 2.63. The van der Waals surface area contributed by atoms with Crippen molar-refractivity contribution in [3.05, 3.63) is 47.5 Å². The highest BCUT2D eigenvalue weighted by atomic mass is 16.6. The highest BCUT2D eigenvalue weighted by Crippen LogP contribution is 2.37. The van der Waals surface area contributed by atoms with Crippen molar-refractivity contribution >= 4 is 6.09 Å². The van der Waals surface area contributed by atoms with Crippen LogP contribution in [0.25, 0.3) is 0 Å². The highest BCUT2D eigenvalue weighted by molar-refractivity contribution is 5.70. The maximum atomic E-state index is 12.7. The third-order valence-electron chi connectivity index (χ3n) is 6.74. The van der Waals surface area contributed by atoms with E-state index in [4.69, 9.17) is 4.74 Å². The molecule has 2 atom stereocenters. The lowest BCUT2D eigenvalue weighted by molar-refractivity contribution is 0.0814. The van der Waals surface area contributed by atoms with Gasteiger partial charge in [-0.05, 0) is 37.7 Å². The Labute approximate surface area is 183 Å². The Bertz CT molecular complexity index is 654. The SMILES string of the molecule is CCCCCCCCCCCCC1=CC2CCC(C1)N2C(=O)OCc1ccccc1. The number of hydrogen-bond donors (Lipinski definition) is 0. The minimum absolute atomic E-state index is 0.138. The number of hydrogen-bond acceptors (Lipinski definition) is 2. The number of benzene rings is 1. The molecule has 1 amide bonds. The lowest BCUT2D eigenvalue weighted by atomic mass is 9.96. The fourth-order valence-corrected chi connectivity index (χ4v) is 5.02. The molecule has 2 aliphatic rings. The first-order chi connectivity index (χ1) is 14.8. The molecule has 1 aromatic rings. The molecule has 1 saturated heterocycles. The average molecular weight is 412 g/mol. The van der Waals surface area contributed by atoms with Crippen LogP contribution in [0.1, 0.15) is 102 Å². The molecule has 166 valence electrons. The molecule has 2 unspecified atom stereocenters. The molecule has 30 heavy (non-hydrogen) atoms. The zero-order valence-corrected chi connectivity index (χ0v) is 19.0. The lowest BCUT2D eigenvalue weighted by Gasteiger charge is -2.33. The van der Waals surface area contributed by atoms with Gasteiger partial charge in [0.25, 0.3) is 0 Å². The minimum Gasteiger partial charge on any atom is -0.445 e. The van der Waals surface area contributed by atoms with E-state index in [2.05, 4.69) is 13.0 Å². The second kappa shape index (κ2) is 12.8. The van der Waals surface area contributed by atoms with Gasteiger partial charge in [0.05, 0.1) is 6.04 Å². The van der Waals surface area contributed by atoms with Crippen LogP contribution in [-0.2, 0) is 11.3 Å². The predicted octanol–water partition coefficient (Wildman–Crippen LogP) is 7.80. The van der Waals surface area contributed by atoms with Gasteiger partial charge in [0.15, 0.2) is 0 Å². The van der Waals surface area contributed by atoms with Crippen molar-refractivity contribution < 1.29 is 9.53 Å². The topological polar surface area (TPSA) is 29.5 Å². The van der Waals surface area contributed by atoms with E-state index in [0.717, 1.165) is 24.8 Å². The number of fused-ring (bicyclic) bond motifs is 2. The molecule has 1 aromatic carbocycles. The molecule has 0 spiro atoms. The van der Waals surface area contributed by atoms with Crippen LogP contribution in [-0.4, -0.2) is 23.1 Å². The maximum Gasteiger partial charge on any atom is 0.410 e. The van der Waals surface area contributed by atoms with E-state index in [1.807, 2.05) is 35.2 Å². The van der Waals surface area contributed by atoms with Gasteiger partial charge < -0.3 is 4.74 Å². The molecule has 2 heterocycles. The van der Waals surface area contributed by atoms with Gasteiger partial charge in [-0.1, -0.05) is 107 Å². The molecule has 3 heteroatoms. The van der Waals surface area contributed by atoms with Gasteiger partial charge in [-0.2, -0.15) is 0 Å². The Morgan fingerprint density at radius 2 is 1.60 bits per heavy atom. The number of ether oxygens (including phenoxy) is 1. The summed E-state index contributed by atoms with van der Waals surface area (Å²) < 4.78 is 5.61. The zero-order valence-electron chi connectivity index (χ0n) is 19.0. The molecule has 2 aliphatic heterocycles.